The van der Waals surface area contributed by atoms with Crippen molar-refractivity contribution in [2.24, 2.45) is 0 Å². The molecule has 17 heavy (non-hydrogen) atoms. The predicted molar refractivity (Wildman–Crippen MR) is 65.8 cm³/mol. The van der Waals surface area contributed by atoms with Crippen molar-refractivity contribution >= 4 is 0 Å². The molecule has 1 heterocycles. The second-order valence-corrected chi connectivity index (χ2v) is 4.01. The van der Waals surface area contributed by atoms with Crippen LogP contribution in [0, 0.1) is 0 Å². The van der Waals surface area contributed by atoms with Gasteiger partial charge in [-0.25, -0.2) is 0 Å². The summed E-state index contributed by atoms with van der Waals surface area (Å²) in [6, 6.07) is 0.399. The van der Waals surface area contributed by atoms with Crippen LogP contribution in [0.5, 0.6) is 0 Å². The summed E-state index contributed by atoms with van der Waals surface area (Å²) < 4.78 is 10.6. The van der Waals surface area contributed by atoms with Crippen molar-refractivity contribution < 1.29 is 9.26 Å². The molecule has 1 N–H and O–H groups in total. The first-order chi connectivity index (χ1) is 8.21. The third-order valence-corrected chi connectivity index (χ3v) is 2.67. The number of rotatable bonds is 8. The SMILES string of the molecule is CCNC(CC)Cc1nc(C(C)OCC)no1. The molecular formula is C12H23N3O2. The van der Waals surface area contributed by atoms with E-state index in [1.165, 1.54) is 0 Å². The van der Waals surface area contributed by atoms with E-state index in [0.29, 0.717) is 24.4 Å². The maximum atomic E-state index is 5.42. The summed E-state index contributed by atoms with van der Waals surface area (Å²) in [5.41, 5.74) is 0. The molecule has 0 fully saturated rings. The molecular weight excluding hydrogens is 218 g/mol. The number of hydrogen-bond acceptors (Lipinski definition) is 5. The molecule has 2 atom stereocenters. The Hall–Kier alpha value is -0.940. The van der Waals surface area contributed by atoms with Crippen LogP contribution in [0.2, 0.25) is 0 Å². The van der Waals surface area contributed by atoms with Crippen LogP contribution in [0.3, 0.4) is 0 Å². The van der Waals surface area contributed by atoms with Crippen LogP contribution >= 0.6 is 0 Å². The molecule has 0 radical (unpaired) electrons. The number of aromatic nitrogens is 2. The number of nitrogens with one attached hydrogen (secondary N) is 1. The summed E-state index contributed by atoms with van der Waals surface area (Å²) >= 11 is 0. The lowest BCUT2D eigenvalue weighted by molar-refractivity contribution is 0.0683. The molecule has 98 valence electrons. The Morgan fingerprint density at radius 2 is 2.12 bits per heavy atom. The first-order valence-corrected chi connectivity index (χ1v) is 6.38. The summed E-state index contributed by atoms with van der Waals surface area (Å²) in [6.45, 7) is 9.73. The summed E-state index contributed by atoms with van der Waals surface area (Å²) in [6.07, 6.45) is 1.72. The number of nitrogens with zero attached hydrogens (tertiary/aromatic N) is 2. The molecule has 1 rings (SSSR count). The van der Waals surface area contributed by atoms with Crippen LogP contribution in [0.25, 0.3) is 0 Å². The lowest BCUT2D eigenvalue weighted by Gasteiger charge is -2.12. The van der Waals surface area contributed by atoms with Gasteiger partial charge in [0, 0.05) is 19.1 Å². The third-order valence-electron chi connectivity index (χ3n) is 2.67. The summed E-state index contributed by atoms with van der Waals surface area (Å²) in [4.78, 5) is 4.36. The zero-order valence-electron chi connectivity index (χ0n) is 11.2. The average Bonchev–Trinajstić information content (AvgIpc) is 2.77. The van der Waals surface area contributed by atoms with E-state index in [4.69, 9.17) is 9.26 Å². The minimum atomic E-state index is -0.100. The molecule has 5 nitrogen and oxygen atoms in total. The van der Waals surface area contributed by atoms with Crippen LogP contribution in [0.4, 0.5) is 0 Å². The predicted octanol–water partition coefficient (Wildman–Crippen LogP) is 2.10. The minimum absolute atomic E-state index is 0.100. The Morgan fingerprint density at radius 1 is 1.35 bits per heavy atom. The molecule has 0 bridgehead atoms. The van der Waals surface area contributed by atoms with Gasteiger partial charge in [-0.3, -0.25) is 0 Å². The van der Waals surface area contributed by atoms with E-state index in [9.17, 15) is 0 Å². The Morgan fingerprint density at radius 3 is 2.71 bits per heavy atom. The van der Waals surface area contributed by atoms with Crippen LogP contribution in [0.1, 0.15) is 51.9 Å². The van der Waals surface area contributed by atoms with Crippen molar-refractivity contribution in [1.82, 2.24) is 15.5 Å². The van der Waals surface area contributed by atoms with Crippen LogP contribution in [-0.2, 0) is 11.2 Å². The molecule has 0 spiro atoms. The Balaban J connectivity index is 2.55. The van der Waals surface area contributed by atoms with E-state index < -0.39 is 0 Å². The molecule has 0 saturated heterocycles. The fraction of sp³-hybridized carbons (Fsp3) is 0.833. The van der Waals surface area contributed by atoms with Gasteiger partial charge in [0.25, 0.3) is 0 Å². The van der Waals surface area contributed by atoms with E-state index in [1.807, 2.05) is 13.8 Å². The molecule has 2 unspecified atom stereocenters. The van der Waals surface area contributed by atoms with E-state index in [1.54, 1.807) is 0 Å². The van der Waals surface area contributed by atoms with E-state index in [-0.39, 0.29) is 6.10 Å². The van der Waals surface area contributed by atoms with Crippen molar-refractivity contribution in [3.63, 3.8) is 0 Å². The maximum Gasteiger partial charge on any atom is 0.228 e. The summed E-state index contributed by atoms with van der Waals surface area (Å²) in [5.74, 6) is 1.31. The molecule has 0 aliphatic carbocycles. The third kappa shape index (κ3) is 4.44. The highest BCUT2D eigenvalue weighted by Gasteiger charge is 2.16. The molecule has 0 saturated carbocycles. The lowest BCUT2D eigenvalue weighted by Crippen LogP contribution is -2.30. The fourth-order valence-electron chi connectivity index (χ4n) is 1.70. The van der Waals surface area contributed by atoms with Crippen LogP contribution in [0.15, 0.2) is 4.52 Å². The second-order valence-electron chi connectivity index (χ2n) is 4.01. The van der Waals surface area contributed by atoms with Gasteiger partial charge < -0.3 is 14.6 Å². The molecule has 0 aliphatic heterocycles. The molecule has 1 aromatic heterocycles. The molecule has 1 aromatic rings. The first kappa shape index (κ1) is 14.1. The average molecular weight is 241 g/mol. The normalized spacial score (nSPS) is 14.8. The topological polar surface area (TPSA) is 60.2 Å². The van der Waals surface area contributed by atoms with Crippen molar-refractivity contribution in [2.45, 2.75) is 52.7 Å². The van der Waals surface area contributed by atoms with Crippen LogP contribution < -0.4 is 5.32 Å². The number of ether oxygens (including phenoxy) is 1. The zero-order valence-corrected chi connectivity index (χ0v) is 11.2. The number of likely N-dealkylation sites (N-methyl/N-ethyl adjacent to an activating group) is 1. The Bertz CT molecular complexity index is 314. The van der Waals surface area contributed by atoms with Gasteiger partial charge in [-0.1, -0.05) is 19.0 Å². The van der Waals surface area contributed by atoms with E-state index in [0.717, 1.165) is 19.4 Å². The Labute approximate surface area is 103 Å². The highest BCUT2D eigenvalue weighted by Crippen LogP contribution is 2.13. The maximum absolute atomic E-state index is 5.42. The molecule has 0 amide bonds. The van der Waals surface area contributed by atoms with Gasteiger partial charge in [-0.05, 0) is 26.8 Å². The monoisotopic (exact) mass is 241 g/mol. The minimum Gasteiger partial charge on any atom is -0.371 e. The Kier molecular flexibility index (Phi) is 6.15. The van der Waals surface area contributed by atoms with Crippen molar-refractivity contribution in [3.8, 4) is 0 Å². The van der Waals surface area contributed by atoms with Crippen molar-refractivity contribution in [2.75, 3.05) is 13.2 Å². The molecule has 0 aliphatic rings. The fourth-order valence-corrected chi connectivity index (χ4v) is 1.70. The quantitative estimate of drug-likeness (QED) is 0.755. The standard InChI is InChI=1S/C12H23N3O2/c1-5-10(13-6-2)8-11-14-12(15-17-11)9(4)16-7-3/h9-10,13H,5-8H2,1-4H3. The van der Waals surface area contributed by atoms with Gasteiger partial charge in [0.15, 0.2) is 5.82 Å². The van der Waals surface area contributed by atoms with Gasteiger partial charge in [0.05, 0.1) is 0 Å². The van der Waals surface area contributed by atoms with Gasteiger partial charge in [0.1, 0.15) is 6.10 Å². The zero-order chi connectivity index (χ0) is 12.7. The van der Waals surface area contributed by atoms with Gasteiger partial charge in [-0.2, -0.15) is 4.98 Å². The van der Waals surface area contributed by atoms with Crippen molar-refractivity contribution in [1.29, 1.82) is 0 Å². The molecule has 5 heteroatoms. The van der Waals surface area contributed by atoms with Gasteiger partial charge in [0.2, 0.25) is 5.89 Å². The van der Waals surface area contributed by atoms with Crippen LogP contribution in [-0.4, -0.2) is 29.3 Å². The largest absolute Gasteiger partial charge is 0.371 e. The lowest BCUT2D eigenvalue weighted by atomic mass is 10.1. The highest BCUT2D eigenvalue weighted by molar-refractivity contribution is 4.92. The van der Waals surface area contributed by atoms with Crippen molar-refractivity contribution in [3.05, 3.63) is 11.7 Å². The summed E-state index contributed by atoms with van der Waals surface area (Å²) in [7, 11) is 0. The van der Waals surface area contributed by atoms with Gasteiger partial charge >= 0.3 is 0 Å². The van der Waals surface area contributed by atoms with E-state index in [2.05, 4.69) is 29.3 Å². The number of hydrogen-bond donors (Lipinski definition) is 1. The smallest absolute Gasteiger partial charge is 0.228 e. The highest BCUT2D eigenvalue weighted by atomic mass is 16.5. The van der Waals surface area contributed by atoms with Gasteiger partial charge in [-0.15, -0.1) is 0 Å². The second kappa shape index (κ2) is 7.40. The summed E-state index contributed by atoms with van der Waals surface area (Å²) in [5, 5.41) is 7.33. The first-order valence-electron chi connectivity index (χ1n) is 6.38. The molecule has 0 aromatic carbocycles. The van der Waals surface area contributed by atoms with E-state index >= 15 is 0 Å².